The second kappa shape index (κ2) is 3.66. The Kier molecular flexibility index (Phi) is 2.35. The number of alkyl halides is 1. The number of halogens is 1. The van der Waals surface area contributed by atoms with Gasteiger partial charge in [0.15, 0.2) is 0 Å². The van der Waals surface area contributed by atoms with Crippen LogP contribution < -0.4 is 0 Å². The maximum Gasteiger partial charge on any atom is 0.143 e. The fourth-order valence-electron chi connectivity index (χ4n) is 1.06. The number of benzene rings is 1. The van der Waals surface area contributed by atoms with E-state index in [-0.39, 0.29) is 0 Å². The summed E-state index contributed by atoms with van der Waals surface area (Å²) in [5, 5.41) is 11.8. The Hall–Kier alpha value is -1.23. The molecule has 0 aliphatic rings. The maximum atomic E-state index is 3.80. The van der Waals surface area contributed by atoms with Crippen molar-refractivity contribution in [3.63, 3.8) is 0 Å². The van der Waals surface area contributed by atoms with Crippen molar-refractivity contribution in [2.45, 2.75) is 5.33 Å². The van der Waals surface area contributed by atoms with Crippen LogP contribution in [0.1, 0.15) is 5.56 Å². The van der Waals surface area contributed by atoms with Crippen molar-refractivity contribution in [1.29, 1.82) is 0 Å². The third-order valence-corrected chi connectivity index (χ3v) is 2.33. The summed E-state index contributed by atoms with van der Waals surface area (Å²) in [5.41, 5.74) is 2.18. The largest absolute Gasteiger partial charge is 0.201 e. The molecule has 2 rings (SSSR count). The molecule has 0 radical (unpaired) electrons. The van der Waals surface area contributed by atoms with E-state index in [0.717, 1.165) is 11.0 Å². The monoisotopic (exact) mass is 238 g/mol. The normalized spacial score (nSPS) is 10.2. The fourth-order valence-corrected chi connectivity index (χ4v) is 1.41. The average Bonchev–Trinajstić information content (AvgIpc) is 2.71. The predicted molar refractivity (Wildman–Crippen MR) is 51.8 cm³/mol. The van der Waals surface area contributed by atoms with Crippen LogP contribution >= 0.6 is 15.9 Å². The molecule has 2 aromatic rings. The molecule has 0 N–H and O–H groups in total. The van der Waals surface area contributed by atoms with Crippen LogP contribution in [0.3, 0.4) is 0 Å². The number of tetrazole rings is 1. The summed E-state index contributed by atoms with van der Waals surface area (Å²) < 4.78 is 1.63. The molecule has 1 aromatic heterocycles. The topological polar surface area (TPSA) is 43.6 Å². The highest BCUT2D eigenvalue weighted by Crippen LogP contribution is 2.10. The van der Waals surface area contributed by atoms with Crippen LogP contribution in [0.5, 0.6) is 0 Å². The van der Waals surface area contributed by atoms with E-state index >= 15 is 0 Å². The van der Waals surface area contributed by atoms with Crippen molar-refractivity contribution >= 4 is 15.9 Å². The molecule has 0 atom stereocenters. The summed E-state index contributed by atoms with van der Waals surface area (Å²) in [7, 11) is 0. The molecule has 0 aliphatic heterocycles. The first-order valence-corrected chi connectivity index (χ1v) is 4.90. The van der Waals surface area contributed by atoms with Gasteiger partial charge in [0.05, 0.1) is 5.69 Å². The zero-order chi connectivity index (χ0) is 9.10. The lowest BCUT2D eigenvalue weighted by atomic mass is 10.2. The molecule has 0 spiro atoms. The quantitative estimate of drug-likeness (QED) is 0.747. The molecule has 5 heteroatoms. The third kappa shape index (κ3) is 1.75. The molecule has 0 bridgehead atoms. The standard InChI is InChI=1S/C8H7BrN4/c9-5-7-2-1-3-8(4-7)13-6-10-11-12-13/h1-4,6H,5H2. The molecule has 66 valence electrons. The Balaban J connectivity index is 2.41. The van der Waals surface area contributed by atoms with Crippen LogP contribution in [0.2, 0.25) is 0 Å². The zero-order valence-electron chi connectivity index (χ0n) is 6.76. The van der Waals surface area contributed by atoms with Gasteiger partial charge in [0.2, 0.25) is 0 Å². The molecular weight excluding hydrogens is 232 g/mol. The molecule has 13 heavy (non-hydrogen) atoms. The predicted octanol–water partition coefficient (Wildman–Crippen LogP) is 1.56. The van der Waals surface area contributed by atoms with E-state index in [1.165, 1.54) is 5.56 Å². The van der Waals surface area contributed by atoms with Gasteiger partial charge in [0.1, 0.15) is 6.33 Å². The van der Waals surface area contributed by atoms with Gasteiger partial charge in [-0.05, 0) is 28.1 Å². The van der Waals surface area contributed by atoms with E-state index in [0.29, 0.717) is 0 Å². The molecule has 0 amide bonds. The van der Waals surface area contributed by atoms with E-state index in [1.54, 1.807) is 11.0 Å². The number of rotatable bonds is 2. The van der Waals surface area contributed by atoms with Crippen molar-refractivity contribution < 1.29 is 0 Å². The first kappa shape index (κ1) is 8.37. The number of nitrogens with zero attached hydrogens (tertiary/aromatic N) is 4. The lowest BCUT2D eigenvalue weighted by Gasteiger charge is -2.00. The highest BCUT2D eigenvalue weighted by atomic mass is 79.9. The van der Waals surface area contributed by atoms with E-state index in [9.17, 15) is 0 Å². The Labute approximate surface area is 83.7 Å². The molecule has 0 fully saturated rings. The van der Waals surface area contributed by atoms with Gasteiger partial charge in [-0.3, -0.25) is 0 Å². The minimum atomic E-state index is 0.836. The highest BCUT2D eigenvalue weighted by molar-refractivity contribution is 9.08. The second-order valence-electron chi connectivity index (χ2n) is 2.56. The van der Waals surface area contributed by atoms with Crippen LogP contribution in [-0.2, 0) is 5.33 Å². The second-order valence-corrected chi connectivity index (χ2v) is 3.12. The lowest BCUT2D eigenvalue weighted by Crippen LogP contribution is -1.95. The van der Waals surface area contributed by atoms with E-state index in [1.807, 2.05) is 24.3 Å². The van der Waals surface area contributed by atoms with Crippen molar-refractivity contribution in [2.24, 2.45) is 0 Å². The van der Waals surface area contributed by atoms with Crippen molar-refractivity contribution in [1.82, 2.24) is 20.2 Å². The summed E-state index contributed by atoms with van der Waals surface area (Å²) in [6.45, 7) is 0. The lowest BCUT2D eigenvalue weighted by molar-refractivity contribution is 0.788. The molecule has 0 aliphatic carbocycles. The summed E-state index contributed by atoms with van der Waals surface area (Å²) in [6, 6.07) is 8.02. The maximum absolute atomic E-state index is 3.80. The first-order valence-electron chi connectivity index (χ1n) is 3.78. The summed E-state index contributed by atoms with van der Waals surface area (Å²) >= 11 is 3.39. The SMILES string of the molecule is BrCc1cccc(-n2cnnn2)c1. The van der Waals surface area contributed by atoms with Crippen LogP contribution in [0.15, 0.2) is 30.6 Å². The molecule has 0 saturated heterocycles. The van der Waals surface area contributed by atoms with Crippen molar-refractivity contribution in [2.75, 3.05) is 0 Å². The number of hydrogen-bond donors (Lipinski definition) is 0. The van der Waals surface area contributed by atoms with Crippen molar-refractivity contribution in [3.05, 3.63) is 36.2 Å². The van der Waals surface area contributed by atoms with Gasteiger partial charge >= 0.3 is 0 Å². The van der Waals surface area contributed by atoms with Crippen LogP contribution in [0, 0.1) is 0 Å². The third-order valence-electron chi connectivity index (χ3n) is 1.68. The molecule has 0 saturated carbocycles. The Morgan fingerprint density at radius 2 is 2.31 bits per heavy atom. The molecule has 1 aromatic carbocycles. The van der Waals surface area contributed by atoms with Gasteiger partial charge in [-0.2, -0.15) is 0 Å². The van der Waals surface area contributed by atoms with Gasteiger partial charge in [0.25, 0.3) is 0 Å². The van der Waals surface area contributed by atoms with Crippen LogP contribution in [0.25, 0.3) is 5.69 Å². The van der Waals surface area contributed by atoms with Gasteiger partial charge < -0.3 is 0 Å². The smallest absolute Gasteiger partial charge is 0.143 e. The summed E-state index contributed by atoms with van der Waals surface area (Å²) in [4.78, 5) is 0. The van der Waals surface area contributed by atoms with Gasteiger partial charge in [-0.1, -0.05) is 28.1 Å². The summed E-state index contributed by atoms with van der Waals surface area (Å²) in [6.07, 6.45) is 1.58. The minimum Gasteiger partial charge on any atom is -0.201 e. The number of aromatic nitrogens is 4. The van der Waals surface area contributed by atoms with E-state index in [4.69, 9.17) is 0 Å². The Morgan fingerprint density at radius 3 is 3.00 bits per heavy atom. The Morgan fingerprint density at radius 1 is 1.38 bits per heavy atom. The average molecular weight is 239 g/mol. The van der Waals surface area contributed by atoms with E-state index < -0.39 is 0 Å². The van der Waals surface area contributed by atoms with Crippen LogP contribution in [0.4, 0.5) is 0 Å². The molecular formula is C8H7BrN4. The fraction of sp³-hybridized carbons (Fsp3) is 0.125. The van der Waals surface area contributed by atoms with Gasteiger partial charge in [-0.15, -0.1) is 5.10 Å². The van der Waals surface area contributed by atoms with Crippen molar-refractivity contribution in [3.8, 4) is 5.69 Å². The van der Waals surface area contributed by atoms with Crippen LogP contribution in [-0.4, -0.2) is 20.2 Å². The zero-order valence-corrected chi connectivity index (χ0v) is 8.35. The first-order chi connectivity index (χ1) is 6.40. The van der Waals surface area contributed by atoms with Gasteiger partial charge in [-0.25, -0.2) is 4.68 Å². The Bertz CT molecular complexity index is 385. The summed E-state index contributed by atoms with van der Waals surface area (Å²) in [5.74, 6) is 0. The van der Waals surface area contributed by atoms with E-state index in [2.05, 4.69) is 31.5 Å². The molecule has 0 unspecified atom stereocenters. The minimum absolute atomic E-state index is 0.836. The number of hydrogen-bond acceptors (Lipinski definition) is 3. The van der Waals surface area contributed by atoms with Gasteiger partial charge in [0, 0.05) is 5.33 Å². The highest BCUT2D eigenvalue weighted by Gasteiger charge is 1.97. The molecule has 1 heterocycles. The molecule has 4 nitrogen and oxygen atoms in total.